The van der Waals surface area contributed by atoms with Gasteiger partial charge in [-0.1, -0.05) is 30.5 Å². The molecule has 152 valence electrons. The fourth-order valence-electron chi connectivity index (χ4n) is 3.98. The fourth-order valence-corrected chi connectivity index (χ4v) is 4.40. The number of amides is 1. The molecular weight excluding hydrogens is 414 g/mol. The molecule has 0 radical (unpaired) electrons. The van der Waals surface area contributed by atoms with Crippen molar-refractivity contribution < 1.29 is 9.90 Å². The Morgan fingerprint density at radius 1 is 1.34 bits per heavy atom. The number of nitrogens with one attached hydrogen (secondary N) is 2. The first kappa shape index (κ1) is 19.7. The molecule has 29 heavy (non-hydrogen) atoms. The summed E-state index contributed by atoms with van der Waals surface area (Å²) in [6, 6.07) is 5.21. The van der Waals surface area contributed by atoms with E-state index in [2.05, 4.69) is 15.0 Å². The number of carbonyl (C=O) groups is 1. The number of hydrogen-bond acceptors (Lipinski definition) is 4. The van der Waals surface area contributed by atoms with E-state index in [1.807, 2.05) is 12.1 Å². The third-order valence-electron chi connectivity index (χ3n) is 5.36. The van der Waals surface area contributed by atoms with E-state index in [1.165, 1.54) is 11.2 Å². The van der Waals surface area contributed by atoms with Crippen molar-refractivity contribution in [1.29, 1.82) is 0 Å². The number of benzene rings is 1. The highest BCUT2D eigenvalue weighted by molar-refractivity contribution is 7.71. The molecule has 1 fully saturated rings. The van der Waals surface area contributed by atoms with Gasteiger partial charge in [-0.25, -0.2) is 9.78 Å². The van der Waals surface area contributed by atoms with Gasteiger partial charge in [0.1, 0.15) is 5.52 Å². The summed E-state index contributed by atoms with van der Waals surface area (Å²) in [6.45, 7) is 0.834. The summed E-state index contributed by atoms with van der Waals surface area (Å²) < 4.78 is 1.99. The molecule has 0 saturated carbocycles. The number of rotatable bonds is 3. The van der Waals surface area contributed by atoms with Gasteiger partial charge in [0.2, 0.25) is 0 Å². The van der Waals surface area contributed by atoms with Crippen LogP contribution in [-0.4, -0.2) is 42.2 Å². The lowest BCUT2D eigenvalue weighted by atomic mass is 9.95. The first-order valence-electron chi connectivity index (χ1n) is 9.40. The van der Waals surface area contributed by atoms with Crippen molar-refractivity contribution >= 4 is 41.1 Å². The van der Waals surface area contributed by atoms with Gasteiger partial charge < -0.3 is 15.0 Å². The Hall–Kier alpha value is -2.65. The molecule has 2 aromatic heterocycles. The maximum Gasteiger partial charge on any atom is 0.407 e. The lowest BCUT2D eigenvalue weighted by Gasteiger charge is -2.29. The first-order valence-corrected chi connectivity index (χ1v) is 10.2. The van der Waals surface area contributed by atoms with Gasteiger partial charge in [0.25, 0.3) is 5.56 Å². The van der Waals surface area contributed by atoms with Crippen LogP contribution >= 0.6 is 23.8 Å². The second-order valence-corrected chi connectivity index (χ2v) is 7.95. The summed E-state index contributed by atoms with van der Waals surface area (Å²) in [5, 5.41) is 10.3. The zero-order chi connectivity index (χ0) is 20.5. The highest BCUT2D eigenvalue weighted by Gasteiger charge is 2.28. The van der Waals surface area contributed by atoms with E-state index in [0.717, 1.165) is 36.8 Å². The van der Waals surface area contributed by atoms with Crippen LogP contribution in [0.15, 0.2) is 29.3 Å². The van der Waals surface area contributed by atoms with E-state index >= 15 is 0 Å². The number of carboxylic acid groups (broad SMARTS) is 1. The van der Waals surface area contributed by atoms with E-state index in [-0.39, 0.29) is 16.4 Å². The van der Waals surface area contributed by atoms with Crippen LogP contribution in [0.4, 0.5) is 4.79 Å². The number of halogens is 1. The van der Waals surface area contributed by atoms with Crippen molar-refractivity contribution in [3.8, 4) is 0 Å². The number of H-pyrrole nitrogens is 2. The van der Waals surface area contributed by atoms with Crippen LogP contribution in [-0.2, 0) is 6.54 Å². The summed E-state index contributed by atoms with van der Waals surface area (Å²) in [5.41, 5.74) is 2.22. The Morgan fingerprint density at radius 3 is 2.97 bits per heavy atom. The van der Waals surface area contributed by atoms with Gasteiger partial charge in [-0.3, -0.25) is 14.3 Å². The second-order valence-electron chi connectivity index (χ2n) is 7.13. The van der Waals surface area contributed by atoms with Crippen LogP contribution in [0.2, 0.25) is 5.02 Å². The van der Waals surface area contributed by atoms with Crippen LogP contribution in [0.1, 0.15) is 42.9 Å². The van der Waals surface area contributed by atoms with E-state index < -0.39 is 6.09 Å². The second kappa shape index (κ2) is 8.00. The van der Waals surface area contributed by atoms with Crippen molar-refractivity contribution in [2.24, 2.45) is 0 Å². The predicted octanol–water partition coefficient (Wildman–Crippen LogP) is 4.08. The average molecular weight is 434 g/mol. The number of imidazole rings is 1. The average Bonchev–Trinajstić information content (AvgIpc) is 3.04. The molecule has 1 amide bonds. The Kier molecular flexibility index (Phi) is 5.42. The third-order valence-corrected chi connectivity index (χ3v) is 5.92. The Bertz CT molecular complexity index is 1180. The molecule has 0 spiro atoms. The van der Waals surface area contributed by atoms with E-state index in [1.54, 1.807) is 10.6 Å². The van der Waals surface area contributed by atoms with Crippen LogP contribution in [0.5, 0.6) is 0 Å². The van der Waals surface area contributed by atoms with Gasteiger partial charge in [-0.2, -0.15) is 0 Å². The van der Waals surface area contributed by atoms with Crippen molar-refractivity contribution in [3.05, 3.63) is 55.8 Å². The molecule has 1 aliphatic heterocycles. The first-order chi connectivity index (χ1) is 14.0. The van der Waals surface area contributed by atoms with E-state index in [0.29, 0.717) is 29.3 Å². The summed E-state index contributed by atoms with van der Waals surface area (Å²) in [4.78, 5) is 35.2. The molecule has 10 heteroatoms. The maximum absolute atomic E-state index is 12.1. The minimum absolute atomic E-state index is 0.256. The van der Waals surface area contributed by atoms with Crippen LogP contribution in [0.3, 0.4) is 0 Å². The predicted molar refractivity (Wildman–Crippen MR) is 112 cm³/mol. The minimum atomic E-state index is -0.932. The monoisotopic (exact) mass is 433 g/mol. The molecule has 0 bridgehead atoms. The van der Waals surface area contributed by atoms with Gasteiger partial charge in [-0.15, -0.1) is 0 Å². The van der Waals surface area contributed by atoms with Crippen molar-refractivity contribution in [1.82, 2.24) is 24.4 Å². The van der Waals surface area contributed by atoms with E-state index in [4.69, 9.17) is 23.8 Å². The zero-order valence-corrected chi connectivity index (χ0v) is 17.1. The molecule has 1 aliphatic rings. The smallest absolute Gasteiger partial charge is 0.407 e. The van der Waals surface area contributed by atoms with Crippen LogP contribution in [0.25, 0.3) is 11.2 Å². The zero-order valence-electron chi connectivity index (χ0n) is 15.5. The SMILES string of the molecule is O=C(O)N1CCCCCC1c1cc(Cl)ccc1Cn1c(=S)[nH]c(=O)c2[nH]cnc21. The molecule has 3 N–H and O–H groups in total. The van der Waals surface area contributed by atoms with Crippen LogP contribution < -0.4 is 5.56 Å². The molecule has 8 nitrogen and oxygen atoms in total. The lowest BCUT2D eigenvalue weighted by molar-refractivity contribution is 0.125. The molecule has 1 atom stereocenters. The Labute approximate surface area is 176 Å². The van der Waals surface area contributed by atoms with Crippen LogP contribution in [0, 0.1) is 4.77 Å². The molecule has 1 aromatic carbocycles. The topological polar surface area (TPSA) is 107 Å². The highest BCUT2D eigenvalue weighted by Crippen LogP contribution is 2.34. The van der Waals surface area contributed by atoms with Gasteiger partial charge in [-0.05, 0) is 48.3 Å². The van der Waals surface area contributed by atoms with Gasteiger partial charge in [0, 0.05) is 11.6 Å². The summed E-state index contributed by atoms with van der Waals surface area (Å²) in [5.74, 6) is 0. The number of likely N-dealkylation sites (tertiary alicyclic amines) is 1. The van der Waals surface area contributed by atoms with Crippen molar-refractivity contribution in [3.63, 3.8) is 0 Å². The molecular formula is C19H20ClN5O3S. The summed E-state index contributed by atoms with van der Waals surface area (Å²) in [7, 11) is 0. The quantitative estimate of drug-likeness (QED) is 0.539. The lowest BCUT2D eigenvalue weighted by Crippen LogP contribution is -2.34. The highest BCUT2D eigenvalue weighted by atomic mass is 35.5. The summed E-state index contributed by atoms with van der Waals surface area (Å²) in [6.07, 6.45) is 4.03. The standard InChI is InChI=1S/C19H20ClN5O3S/c20-12-6-5-11(9-25-16-15(21-10-22-16)17(26)23-18(25)29)13(8-12)14-4-2-1-3-7-24(14)19(27)28/h5-6,8,10,14H,1-4,7,9H2,(H,21,22)(H,27,28)(H,23,26,29). The normalized spacial score (nSPS) is 17.4. The van der Waals surface area contributed by atoms with Crippen molar-refractivity contribution in [2.75, 3.05) is 6.54 Å². The fraction of sp³-hybridized carbons (Fsp3) is 0.368. The van der Waals surface area contributed by atoms with Gasteiger partial charge in [0.05, 0.1) is 18.9 Å². The van der Waals surface area contributed by atoms with Crippen molar-refractivity contribution in [2.45, 2.75) is 38.3 Å². The maximum atomic E-state index is 12.1. The Balaban J connectivity index is 1.82. The third kappa shape index (κ3) is 3.79. The number of nitrogens with zero attached hydrogens (tertiary/aromatic N) is 3. The molecule has 4 rings (SSSR count). The number of aromatic nitrogens is 4. The summed E-state index contributed by atoms with van der Waals surface area (Å²) >= 11 is 11.6. The molecule has 3 heterocycles. The minimum Gasteiger partial charge on any atom is -0.465 e. The molecule has 1 unspecified atom stereocenters. The molecule has 1 saturated heterocycles. The molecule has 3 aromatic rings. The number of aromatic amines is 2. The largest absolute Gasteiger partial charge is 0.465 e. The number of fused-ring (bicyclic) bond motifs is 1. The van der Waals surface area contributed by atoms with E-state index in [9.17, 15) is 14.7 Å². The number of hydrogen-bond donors (Lipinski definition) is 3. The Morgan fingerprint density at radius 2 is 2.17 bits per heavy atom. The van der Waals surface area contributed by atoms with Gasteiger partial charge >= 0.3 is 6.09 Å². The van der Waals surface area contributed by atoms with Gasteiger partial charge in [0.15, 0.2) is 10.4 Å². The molecule has 0 aliphatic carbocycles.